The maximum absolute atomic E-state index is 13.0. The summed E-state index contributed by atoms with van der Waals surface area (Å²) in [6.07, 6.45) is -3.17. The van der Waals surface area contributed by atoms with Crippen molar-refractivity contribution >= 4 is 31.9 Å². The first-order valence-corrected chi connectivity index (χ1v) is 8.60. The summed E-state index contributed by atoms with van der Waals surface area (Å²) in [5.41, 5.74) is 0.642. The highest BCUT2D eigenvalue weighted by molar-refractivity contribution is 9.09. The van der Waals surface area contributed by atoms with Crippen LogP contribution in [-0.4, -0.2) is 30.1 Å². The molecule has 7 heteroatoms. The molecule has 0 heterocycles. The van der Waals surface area contributed by atoms with Crippen LogP contribution in [0.3, 0.4) is 0 Å². The van der Waals surface area contributed by atoms with Gasteiger partial charge in [-0.1, -0.05) is 44.0 Å². The van der Waals surface area contributed by atoms with E-state index in [1.54, 1.807) is 12.1 Å². The summed E-state index contributed by atoms with van der Waals surface area (Å²) in [5.74, 6) is -0.315. The predicted octanol–water partition coefficient (Wildman–Crippen LogP) is 5.21. The molecule has 1 nitrogen and oxygen atoms in total. The maximum atomic E-state index is 13.0. The third kappa shape index (κ3) is 6.24. The smallest absolute Gasteiger partial charge is 0.372 e. The minimum Gasteiger partial charge on any atom is -0.372 e. The van der Waals surface area contributed by atoms with Crippen LogP contribution in [0.15, 0.2) is 24.3 Å². The molecular weight excluding hydrogens is 420 g/mol. The van der Waals surface area contributed by atoms with Crippen LogP contribution in [-0.2, 0) is 10.2 Å². The summed E-state index contributed by atoms with van der Waals surface area (Å²) < 4.78 is 53.5. The number of halogens is 6. The molecule has 0 unspecified atom stereocenters. The van der Waals surface area contributed by atoms with Crippen molar-refractivity contribution < 1.29 is 22.3 Å². The molecule has 1 rings (SSSR count). The summed E-state index contributed by atoms with van der Waals surface area (Å²) in [6.45, 7) is -1.18. The Hall–Kier alpha value is -0.140. The van der Waals surface area contributed by atoms with E-state index in [0.717, 1.165) is 5.56 Å². The molecule has 0 radical (unpaired) electrons. The fourth-order valence-corrected chi connectivity index (χ4v) is 4.11. The molecule has 0 N–H and O–H groups in total. The van der Waals surface area contributed by atoms with Gasteiger partial charge in [-0.05, 0) is 30.5 Å². The SMILES string of the molecule is Fc1ccc(C(CBr)(CBr)CCCOCC(F)(F)F)cc1. The molecule has 0 aliphatic carbocycles. The molecule has 0 aliphatic rings. The number of benzene rings is 1. The molecule has 0 saturated carbocycles. The lowest BCUT2D eigenvalue weighted by atomic mass is 9.80. The van der Waals surface area contributed by atoms with E-state index in [4.69, 9.17) is 0 Å². The van der Waals surface area contributed by atoms with Crippen molar-refractivity contribution in [3.05, 3.63) is 35.6 Å². The first-order chi connectivity index (χ1) is 9.83. The Balaban J connectivity index is 2.59. The fourth-order valence-electron chi connectivity index (χ4n) is 1.97. The Kier molecular flexibility index (Phi) is 7.64. The van der Waals surface area contributed by atoms with Gasteiger partial charge >= 0.3 is 6.18 Å². The van der Waals surface area contributed by atoms with Gasteiger partial charge in [0.2, 0.25) is 0 Å². The minimum absolute atomic E-state index is 0.0441. The summed E-state index contributed by atoms with van der Waals surface area (Å²) in [7, 11) is 0. The van der Waals surface area contributed by atoms with Crippen molar-refractivity contribution in [1.29, 1.82) is 0 Å². The second kappa shape index (κ2) is 8.48. The minimum atomic E-state index is -4.29. The molecule has 0 aliphatic heterocycles. The van der Waals surface area contributed by atoms with Gasteiger partial charge in [-0.15, -0.1) is 0 Å². The Morgan fingerprint density at radius 2 is 1.57 bits per heavy atom. The molecule has 1 aromatic rings. The second-order valence-corrected chi connectivity index (χ2v) is 5.95. The van der Waals surface area contributed by atoms with Crippen LogP contribution in [0.25, 0.3) is 0 Å². The standard InChI is InChI=1S/C14H16Br2F4O/c15-8-13(9-16,11-2-4-12(17)5-3-11)6-1-7-21-10-14(18,19)20/h2-5H,1,6-10H2. The average molecular weight is 436 g/mol. The first kappa shape index (κ1) is 18.9. The van der Waals surface area contributed by atoms with Gasteiger partial charge in [0.15, 0.2) is 0 Å². The lowest BCUT2D eigenvalue weighted by Gasteiger charge is -2.31. The Morgan fingerprint density at radius 3 is 2.05 bits per heavy atom. The molecular formula is C14H16Br2F4O. The lowest BCUT2D eigenvalue weighted by molar-refractivity contribution is -0.174. The van der Waals surface area contributed by atoms with Gasteiger partial charge in [0.05, 0.1) is 0 Å². The number of rotatable bonds is 8. The van der Waals surface area contributed by atoms with E-state index >= 15 is 0 Å². The zero-order valence-electron chi connectivity index (χ0n) is 11.2. The third-order valence-corrected chi connectivity index (χ3v) is 5.32. The molecule has 1 aromatic carbocycles. The highest BCUT2D eigenvalue weighted by Gasteiger charge is 2.30. The quantitative estimate of drug-likeness (QED) is 0.309. The van der Waals surface area contributed by atoms with E-state index in [1.165, 1.54) is 12.1 Å². The van der Waals surface area contributed by atoms with Gasteiger partial charge in [0.25, 0.3) is 0 Å². The summed E-state index contributed by atoms with van der Waals surface area (Å²) in [5, 5.41) is 1.24. The van der Waals surface area contributed by atoms with Crippen LogP contribution in [0.1, 0.15) is 18.4 Å². The van der Waals surface area contributed by atoms with Crippen molar-refractivity contribution in [3.8, 4) is 0 Å². The van der Waals surface area contributed by atoms with E-state index in [0.29, 0.717) is 23.5 Å². The van der Waals surface area contributed by atoms with E-state index in [2.05, 4.69) is 36.6 Å². The van der Waals surface area contributed by atoms with Crippen molar-refractivity contribution in [2.75, 3.05) is 23.9 Å². The third-order valence-electron chi connectivity index (χ3n) is 3.18. The normalized spacial score (nSPS) is 12.7. The largest absolute Gasteiger partial charge is 0.411 e. The van der Waals surface area contributed by atoms with Crippen LogP contribution < -0.4 is 0 Å². The monoisotopic (exact) mass is 434 g/mol. The van der Waals surface area contributed by atoms with E-state index < -0.39 is 12.8 Å². The maximum Gasteiger partial charge on any atom is 0.411 e. The number of hydrogen-bond donors (Lipinski definition) is 0. The molecule has 0 fully saturated rings. The predicted molar refractivity (Wildman–Crippen MR) is 81.8 cm³/mol. The molecule has 0 bridgehead atoms. The molecule has 0 spiro atoms. The average Bonchev–Trinajstić information content (AvgIpc) is 2.43. The van der Waals surface area contributed by atoms with Gasteiger partial charge in [-0.25, -0.2) is 4.39 Å². The molecule has 0 aromatic heterocycles. The number of alkyl halides is 5. The zero-order chi connectivity index (χ0) is 15.9. The van der Waals surface area contributed by atoms with Gasteiger partial charge in [-0.3, -0.25) is 0 Å². The Morgan fingerprint density at radius 1 is 1.00 bits per heavy atom. The summed E-state index contributed by atoms with van der Waals surface area (Å²) >= 11 is 6.89. The van der Waals surface area contributed by atoms with Crippen LogP contribution >= 0.6 is 31.9 Å². The number of ether oxygens (including phenoxy) is 1. The van der Waals surface area contributed by atoms with Gasteiger partial charge in [-0.2, -0.15) is 13.2 Å². The Labute approximate surface area is 138 Å². The molecule has 0 amide bonds. The van der Waals surface area contributed by atoms with Crippen LogP contribution in [0.5, 0.6) is 0 Å². The van der Waals surface area contributed by atoms with Gasteiger partial charge in [0.1, 0.15) is 12.4 Å². The highest BCUT2D eigenvalue weighted by Crippen LogP contribution is 2.34. The van der Waals surface area contributed by atoms with Gasteiger partial charge in [0, 0.05) is 22.7 Å². The highest BCUT2D eigenvalue weighted by atomic mass is 79.9. The molecule has 0 atom stereocenters. The Bertz CT molecular complexity index is 416. The van der Waals surface area contributed by atoms with Crippen molar-refractivity contribution in [3.63, 3.8) is 0 Å². The lowest BCUT2D eigenvalue weighted by Crippen LogP contribution is -2.31. The molecule has 21 heavy (non-hydrogen) atoms. The zero-order valence-corrected chi connectivity index (χ0v) is 14.4. The van der Waals surface area contributed by atoms with Crippen LogP contribution in [0.2, 0.25) is 0 Å². The van der Waals surface area contributed by atoms with Crippen LogP contribution in [0, 0.1) is 5.82 Å². The van der Waals surface area contributed by atoms with Crippen molar-refractivity contribution in [1.82, 2.24) is 0 Å². The molecule has 0 saturated heterocycles. The van der Waals surface area contributed by atoms with Crippen LogP contribution in [0.4, 0.5) is 17.6 Å². The number of hydrogen-bond acceptors (Lipinski definition) is 1. The first-order valence-electron chi connectivity index (χ1n) is 6.35. The van der Waals surface area contributed by atoms with E-state index in [-0.39, 0.29) is 17.8 Å². The van der Waals surface area contributed by atoms with E-state index in [1.807, 2.05) is 0 Å². The van der Waals surface area contributed by atoms with Crippen molar-refractivity contribution in [2.24, 2.45) is 0 Å². The van der Waals surface area contributed by atoms with Gasteiger partial charge < -0.3 is 4.74 Å². The van der Waals surface area contributed by atoms with Crippen molar-refractivity contribution in [2.45, 2.75) is 24.4 Å². The van der Waals surface area contributed by atoms with E-state index in [9.17, 15) is 17.6 Å². The second-order valence-electron chi connectivity index (χ2n) is 4.83. The fraction of sp³-hybridized carbons (Fsp3) is 0.571. The topological polar surface area (TPSA) is 9.23 Å². The molecule has 120 valence electrons. The summed E-state index contributed by atoms with van der Waals surface area (Å²) in [4.78, 5) is 0. The summed E-state index contributed by atoms with van der Waals surface area (Å²) in [6, 6.07) is 6.17.